The van der Waals surface area contributed by atoms with E-state index in [1.54, 1.807) is 0 Å². The van der Waals surface area contributed by atoms with Gasteiger partial charge >= 0.3 is 11.9 Å². The number of ketones is 1. The minimum atomic E-state index is -1.44. The van der Waals surface area contributed by atoms with Crippen molar-refractivity contribution in [2.24, 2.45) is 40.4 Å². The van der Waals surface area contributed by atoms with Crippen molar-refractivity contribution in [2.45, 2.75) is 97.7 Å². The van der Waals surface area contributed by atoms with Gasteiger partial charge in [0.1, 0.15) is 11.7 Å². The molecule has 4 rings (SSSR count). The van der Waals surface area contributed by atoms with E-state index in [4.69, 9.17) is 9.47 Å². The Bertz CT molecular complexity index is 793. The Morgan fingerprint density at radius 1 is 0.938 bits per heavy atom. The second kappa shape index (κ2) is 8.11. The molecule has 0 aromatic rings. The van der Waals surface area contributed by atoms with Gasteiger partial charge in [0.15, 0.2) is 6.61 Å². The number of esters is 2. The summed E-state index contributed by atoms with van der Waals surface area (Å²) in [5.41, 5.74) is -1.70. The van der Waals surface area contributed by atoms with Crippen LogP contribution in [0.2, 0.25) is 0 Å². The Balaban J connectivity index is 1.55. The fourth-order valence-electron chi connectivity index (χ4n) is 8.77. The van der Waals surface area contributed by atoms with Gasteiger partial charge in [0.25, 0.3) is 0 Å². The van der Waals surface area contributed by atoms with E-state index in [-0.39, 0.29) is 35.8 Å². The van der Waals surface area contributed by atoms with E-state index in [2.05, 4.69) is 13.8 Å². The maximum atomic E-state index is 13.1. The monoisotopic (exact) mass is 448 g/mol. The molecule has 4 saturated carbocycles. The Labute approximate surface area is 191 Å². The van der Waals surface area contributed by atoms with Crippen LogP contribution in [0.1, 0.15) is 86.0 Å². The molecule has 6 heteroatoms. The Hall–Kier alpha value is -1.43. The Morgan fingerprint density at radius 2 is 1.66 bits per heavy atom. The molecule has 0 amide bonds. The maximum absolute atomic E-state index is 13.1. The summed E-state index contributed by atoms with van der Waals surface area (Å²) in [6.45, 7) is 8.98. The fourth-order valence-corrected chi connectivity index (χ4v) is 8.77. The van der Waals surface area contributed by atoms with E-state index in [9.17, 15) is 19.5 Å². The van der Waals surface area contributed by atoms with Gasteiger partial charge < -0.3 is 14.6 Å². The van der Waals surface area contributed by atoms with Crippen molar-refractivity contribution < 1.29 is 29.0 Å². The minimum absolute atomic E-state index is 0.0477. The molecule has 0 radical (unpaired) electrons. The van der Waals surface area contributed by atoms with Gasteiger partial charge in [0.2, 0.25) is 5.78 Å². The van der Waals surface area contributed by atoms with Gasteiger partial charge in [-0.2, -0.15) is 0 Å². The highest BCUT2D eigenvalue weighted by atomic mass is 16.5. The molecule has 0 spiro atoms. The number of Topliss-reactive ketones (excluding diaryl/α,β-unsaturated/α-hetero) is 1. The summed E-state index contributed by atoms with van der Waals surface area (Å²) in [7, 11) is 0. The highest BCUT2D eigenvalue weighted by Crippen LogP contribution is 2.69. The van der Waals surface area contributed by atoms with Crippen molar-refractivity contribution in [1.29, 1.82) is 0 Å². The number of carbonyl (C=O) groups is 3. The first-order valence-corrected chi connectivity index (χ1v) is 12.5. The van der Waals surface area contributed by atoms with Crippen LogP contribution in [0.5, 0.6) is 0 Å². The maximum Gasteiger partial charge on any atom is 0.303 e. The third-order valence-corrected chi connectivity index (χ3v) is 10.4. The smallest absolute Gasteiger partial charge is 0.303 e. The lowest BCUT2D eigenvalue weighted by Gasteiger charge is -2.61. The van der Waals surface area contributed by atoms with E-state index >= 15 is 0 Å². The predicted octanol–water partition coefficient (Wildman–Crippen LogP) is 4.07. The number of carbonyl (C=O) groups excluding carboxylic acids is 3. The highest BCUT2D eigenvalue weighted by Gasteiger charge is 2.69. The fraction of sp³-hybridized carbons (Fsp3) is 0.885. The molecule has 9 atom stereocenters. The van der Waals surface area contributed by atoms with Crippen LogP contribution < -0.4 is 0 Å². The molecule has 0 bridgehead atoms. The molecule has 32 heavy (non-hydrogen) atoms. The van der Waals surface area contributed by atoms with Gasteiger partial charge in [-0.25, -0.2) is 0 Å². The summed E-state index contributed by atoms with van der Waals surface area (Å²) in [6, 6.07) is 0. The van der Waals surface area contributed by atoms with Crippen LogP contribution in [0.15, 0.2) is 0 Å². The molecule has 0 saturated heterocycles. The van der Waals surface area contributed by atoms with Crippen molar-refractivity contribution >= 4 is 17.7 Å². The lowest BCUT2D eigenvalue weighted by molar-refractivity contribution is -0.183. The third kappa shape index (κ3) is 3.43. The summed E-state index contributed by atoms with van der Waals surface area (Å²) < 4.78 is 10.6. The average molecular weight is 449 g/mol. The van der Waals surface area contributed by atoms with Gasteiger partial charge in [-0.15, -0.1) is 0 Å². The standard InChI is InChI=1S/C26H40O6/c1-15-12-22-20-7-6-18-13-19(32-17(3)28)8-10-24(18,4)21(20)9-11-25(22,5)26(15,30)23(29)14-31-16(2)27/h15,18-22,30H,6-14H2,1-5H3/t15-,18+,19?,20?,21?,22?,24+,25+,26+/m1/s1. The first kappa shape index (κ1) is 23.7. The van der Waals surface area contributed by atoms with Crippen molar-refractivity contribution in [1.82, 2.24) is 0 Å². The summed E-state index contributed by atoms with van der Waals surface area (Å²) in [4.78, 5) is 35.9. The lowest BCUT2D eigenvalue weighted by Crippen LogP contribution is -2.60. The molecule has 1 N–H and O–H groups in total. The van der Waals surface area contributed by atoms with Crippen LogP contribution in [0.4, 0.5) is 0 Å². The van der Waals surface area contributed by atoms with Crippen molar-refractivity contribution in [2.75, 3.05) is 6.61 Å². The highest BCUT2D eigenvalue weighted by molar-refractivity contribution is 5.91. The number of hydrogen-bond donors (Lipinski definition) is 1. The predicted molar refractivity (Wildman–Crippen MR) is 118 cm³/mol. The summed E-state index contributed by atoms with van der Waals surface area (Å²) in [6.07, 6.45) is 7.92. The zero-order valence-corrected chi connectivity index (χ0v) is 20.3. The molecule has 180 valence electrons. The molecule has 0 aromatic heterocycles. The summed E-state index contributed by atoms with van der Waals surface area (Å²) in [5, 5.41) is 11.8. The zero-order valence-electron chi connectivity index (χ0n) is 20.3. The molecule has 4 unspecified atom stereocenters. The molecular weight excluding hydrogens is 408 g/mol. The third-order valence-electron chi connectivity index (χ3n) is 10.4. The SMILES string of the molecule is CC(=O)OCC(=O)[C@@]1(O)[C@H](C)CC2C3CC[C@H]4CC(OC(C)=O)CC[C@]4(C)C3CC[C@@]21C. The molecule has 4 fully saturated rings. The minimum Gasteiger partial charge on any atom is -0.463 e. The number of hydrogen-bond acceptors (Lipinski definition) is 6. The normalized spacial score (nSPS) is 47.6. The average Bonchev–Trinajstić information content (AvgIpc) is 2.93. The van der Waals surface area contributed by atoms with Gasteiger partial charge in [-0.1, -0.05) is 20.8 Å². The van der Waals surface area contributed by atoms with Crippen molar-refractivity contribution in [3.63, 3.8) is 0 Å². The largest absolute Gasteiger partial charge is 0.463 e. The van der Waals surface area contributed by atoms with Gasteiger partial charge in [0, 0.05) is 19.3 Å². The van der Waals surface area contributed by atoms with E-state index in [1.807, 2.05) is 6.92 Å². The number of fused-ring (bicyclic) bond motifs is 5. The van der Waals surface area contributed by atoms with Crippen molar-refractivity contribution in [3.05, 3.63) is 0 Å². The van der Waals surface area contributed by atoms with Crippen LogP contribution >= 0.6 is 0 Å². The number of aliphatic hydroxyl groups is 1. The first-order valence-electron chi connectivity index (χ1n) is 12.5. The van der Waals surface area contributed by atoms with Crippen LogP contribution in [0.3, 0.4) is 0 Å². The Morgan fingerprint density at radius 3 is 2.31 bits per heavy atom. The van der Waals surface area contributed by atoms with E-state index in [1.165, 1.54) is 13.8 Å². The molecule has 0 aliphatic heterocycles. The number of rotatable bonds is 4. The van der Waals surface area contributed by atoms with Gasteiger partial charge in [0.05, 0.1) is 0 Å². The van der Waals surface area contributed by atoms with E-state index in [0.717, 1.165) is 51.4 Å². The molecular formula is C26H40O6. The zero-order chi connectivity index (χ0) is 23.5. The molecule has 0 aromatic carbocycles. The molecule has 0 heterocycles. The quantitative estimate of drug-likeness (QED) is 0.652. The summed E-state index contributed by atoms with van der Waals surface area (Å²) >= 11 is 0. The van der Waals surface area contributed by atoms with Crippen molar-refractivity contribution in [3.8, 4) is 0 Å². The van der Waals surface area contributed by atoms with Crippen LogP contribution in [-0.4, -0.2) is 41.1 Å². The van der Waals surface area contributed by atoms with E-state index in [0.29, 0.717) is 23.7 Å². The Kier molecular flexibility index (Phi) is 6.01. The van der Waals surface area contributed by atoms with E-state index < -0.39 is 17.0 Å². The van der Waals surface area contributed by atoms with Crippen LogP contribution in [0, 0.1) is 40.4 Å². The second-order valence-corrected chi connectivity index (χ2v) is 11.7. The molecule has 6 nitrogen and oxygen atoms in total. The molecule has 4 aliphatic rings. The first-order chi connectivity index (χ1) is 14.9. The molecule has 4 aliphatic carbocycles. The second-order valence-electron chi connectivity index (χ2n) is 11.7. The van der Waals surface area contributed by atoms with Gasteiger partial charge in [-0.3, -0.25) is 14.4 Å². The van der Waals surface area contributed by atoms with Gasteiger partial charge in [-0.05, 0) is 86.4 Å². The topological polar surface area (TPSA) is 89.9 Å². The number of ether oxygens (including phenoxy) is 2. The lowest BCUT2D eigenvalue weighted by atomic mass is 9.44. The van der Waals surface area contributed by atoms with Crippen LogP contribution in [0.25, 0.3) is 0 Å². The van der Waals surface area contributed by atoms with Crippen LogP contribution in [-0.2, 0) is 23.9 Å². The summed E-state index contributed by atoms with van der Waals surface area (Å²) in [5.74, 6) is 0.775.